The van der Waals surface area contributed by atoms with E-state index >= 15 is 0 Å². The molecule has 7 rings (SSSR count). The van der Waals surface area contributed by atoms with Crippen molar-refractivity contribution in [3.8, 4) is 0 Å². The van der Waals surface area contributed by atoms with E-state index in [4.69, 9.17) is 18.8 Å². The monoisotopic (exact) mass is 897 g/mol. The zero-order chi connectivity index (χ0) is 48.1. The molecule has 0 amide bonds. The Balaban J connectivity index is 0.000000225. The highest BCUT2D eigenvalue weighted by molar-refractivity contribution is 6.62. The van der Waals surface area contributed by atoms with Crippen molar-refractivity contribution in [1.82, 2.24) is 0 Å². The van der Waals surface area contributed by atoms with Gasteiger partial charge in [0.1, 0.15) is 0 Å². The Kier molecular flexibility index (Phi) is 16.3. The van der Waals surface area contributed by atoms with Crippen molar-refractivity contribution in [2.45, 2.75) is 175 Å². The zero-order valence-corrected chi connectivity index (χ0v) is 42.8. The van der Waals surface area contributed by atoms with Crippen molar-refractivity contribution in [3.63, 3.8) is 0 Å². The van der Waals surface area contributed by atoms with Gasteiger partial charge in [-0.1, -0.05) is 130 Å². The molecule has 3 aliphatic rings. The summed E-state index contributed by atoms with van der Waals surface area (Å²) >= 11 is 0. The Hall–Kier alpha value is -3.82. The smallest absolute Gasteiger partial charge is 0.399 e. The fourth-order valence-electron chi connectivity index (χ4n) is 10.3. The van der Waals surface area contributed by atoms with E-state index in [1.165, 1.54) is 55.6 Å². The van der Waals surface area contributed by atoms with Crippen LogP contribution in [0.25, 0.3) is 12.2 Å². The van der Waals surface area contributed by atoms with Crippen molar-refractivity contribution in [3.05, 3.63) is 146 Å². The van der Waals surface area contributed by atoms with Crippen LogP contribution in [-0.4, -0.2) is 66.2 Å². The van der Waals surface area contributed by atoms with Crippen molar-refractivity contribution in [2.75, 3.05) is 26.4 Å². The van der Waals surface area contributed by atoms with Gasteiger partial charge in [-0.2, -0.15) is 0 Å². The Labute approximate surface area is 399 Å². The molecule has 66 heavy (non-hydrogen) atoms. The Morgan fingerprint density at radius 2 is 0.833 bits per heavy atom. The SMILES string of the molecule is CCC(CC)(c1ccc(/C=C/C2(O)CCOCC2)c(C)c1)c1ccc(B2OC(C)(C)C(C)(C)O2)c(C)c1.CCC(CC)(c1ccc(C)c(C)c1)c1ccc(/C=C/C2(O)CCOCC2)c(C)c1. The maximum absolute atomic E-state index is 10.8. The van der Waals surface area contributed by atoms with E-state index < -0.39 is 11.2 Å². The Morgan fingerprint density at radius 3 is 1.18 bits per heavy atom. The standard InChI is InChI=1S/C32H45BO4.C27H36O2/c1-9-32(10-2,26-12-11-25(23(3)21-26)15-16-31(34)17-19-35-20-18-31)27-13-14-28(24(4)22-27)33-36-29(5,6)30(7,8)37-33;1-6-27(7-2,24-10-8-20(3)21(4)18-24)25-11-9-23(22(5)19-25)12-13-26(28)14-16-29-17-15-26/h11-16,21-22,34H,9-10,17-20H2,1-8H3;8-13,18-19,28H,6-7,14-17H2,1-5H3/b16-15+;13-12+. The second kappa shape index (κ2) is 20.8. The molecule has 3 heterocycles. The third-order valence-electron chi connectivity index (χ3n) is 16.3. The number of rotatable bonds is 13. The van der Waals surface area contributed by atoms with E-state index in [1.807, 2.05) is 12.2 Å². The molecule has 0 atom stereocenters. The summed E-state index contributed by atoms with van der Waals surface area (Å²) in [6.07, 6.45) is 14.9. The van der Waals surface area contributed by atoms with Crippen molar-refractivity contribution in [1.29, 1.82) is 0 Å². The number of ether oxygens (including phenoxy) is 2. The predicted octanol–water partition coefficient (Wildman–Crippen LogP) is 12.5. The normalized spacial score (nSPS) is 19.3. The molecule has 0 aromatic heterocycles. The van der Waals surface area contributed by atoms with Crippen molar-refractivity contribution in [2.24, 2.45) is 0 Å². The van der Waals surface area contributed by atoms with E-state index in [9.17, 15) is 10.2 Å². The van der Waals surface area contributed by atoms with Crippen LogP contribution in [0.15, 0.2) is 84.9 Å². The van der Waals surface area contributed by atoms with Crippen LogP contribution in [0.5, 0.6) is 0 Å². The summed E-state index contributed by atoms with van der Waals surface area (Å²) in [4.78, 5) is 0. The number of aryl methyl sites for hydroxylation is 5. The molecule has 0 bridgehead atoms. The average Bonchev–Trinajstić information content (AvgIpc) is 3.51. The van der Waals surface area contributed by atoms with E-state index in [2.05, 4.69) is 175 Å². The average molecular weight is 897 g/mol. The molecule has 0 spiro atoms. The third kappa shape index (κ3) is 10.9. The Morgan fingerprint density at radius 1 is 0.485 bits per heavy atom. The number of hydrogen-bond acceptors (Lipinski definition) is 6. The van der Waals surface area contributed by atoms with Crippen LogP contribution in [0.3, 0.4) is 0 Å². The largest absolute Gasteiger partial charge is 0.495 e. The highest BCUT2D eigenvalue weighted by Crippen LogP contribution is 2.43. The van der Waals surface area contributed by atoms with Gasteiger partial charge in [-0.25, -0.2) is 0 Å². The van der Waals surface area contributed by atoms with Gasteiger partial charge in [-0.15, -0.1) is 0 Å². The first-order chi connectivity index (χ1) is 31.2. The van der Waals surface area contributed by atoms with Gasteiger partial charge in [0.15, 0.2) is 0 Å². The van der Waals surface area contributed by atoms with Gasteiger partial charge in [-0.3, -0.25) is 0 Å². The molecule has 4 aromatic rings. The lowest BCUT2D eigenvalue weighted by Gasteiger charge is -2.34. The molecule has 0 saturated carbocycles. The molecule has 356 valence electrons. The lowest BCUT2D eigenvalue weighted by atomic mass is 9.68. The van der Waals surface area contributed by atoms with Gasteiger partial charge >= 0.3 is 7.12 Å². The minimum atomic E-state index is -0.767. The van der Waals surface area contributed by atoms with Crippen LogP contribution in [0.4, 0.5) is 0 Å². The molecule has 3 aliphatic heterocycles. The van der Waals surface area contributed by atoms with Crippen LogP contribution in [-0.2, 0) is 29.6 Å². The maximum Gasteiger partial charge on any atom is 0.495 e. The lowest BCUT2D eigenvalue weighted by Crippen LogP contribution is -2.41. The molecular formula is C59H81BO6. The molecule has 6 nitrogen and oxygen atoms in total. The van der Waals surface area contributed by atoms with Crippen LogP contribution in [0.1, 0.15) is 168 Å². The predicted molar refractivity (Wildman–Crippen MR) is 276 cm³/mol. The molecule has 7 heteroatoms. The van der Waals surface area contributed by atoms with Crippen molar-refractivity contribution < 1.29 is 29.0 Å². The quantitative estimate of drug-likeness (QED) is 0.130. The molecule has 4 aromatic carbocycles. The van der Waals surface area contributed by atoms with Gasteiger partial charge in [0.25, 0.3) is 0 Å². The maximum atomic E-state index is 10.8. The lowest BCUT2D eigenvalue weighted by molar-refractivity contribution is -0.0321. The topological polar surface area (TPSA) is 77.4 Å². The molecule has 0 radical (unpaired) electrons. The van der Waals surface area contributed by atoms with Gasteiger partial charge in [0.2, 0.25) is 0 Å². The second-order valence-electron chi connectivity index (χ2n) is 20.8. The summed E-state index contributed by atoms with van der Waals surface area (Å²) < 4.78 is 23.5. The number of hydrogen-bond donors (Lipinski definition) is 2. The van der Waals surface area contributed by atoms with Crippen LogP contribution < -0.4 is 5.46 Å². The number of aliphatic hydroxyl groups is 2. The molecule has 2 N–H and O–H groups in total. The van der Waals surface area contributed by atoms with E-state index in [0.29, 0.717) is 52.1 Å². The Bertz CT molecular complexity index is 2320. The fraction of sp³-hybridized carbons (Fsp3) is 0.525. The second-order valence-corrected chi connectivity index (χ2v) is 20.8. The van der Waals surface area contributed by atoms with E-state index in [1.54, 1.807) is 0 Å². The minimum absolute atomic E-state index is 0.0321. The zero-order valence-electron chi connectivity index (χ0n) is 42.8. The van der Waals surface area contributed by atoms with Crippen LogP contribution in [0.2, 0.25) is 0 Å². The van der Waals surface area contributed by atoms with Gasteiger partial charge in [0, 0.05) is 62.9 Å². The molecule has 3 saturated heterocycles. The van der Waals surface area contributed by atoms with Crippen molar-refractivity contribution >= 4 is 24.7 Å². The first kappa shape index (κ1) is 51.6. The third-order valence-corrected chi connectivity index (χ3v) is 16.3. The fourth-order valence-corrected chi connectivity index (χ4v) is 10.3. The van der Waals surface area contributed by atoms with Gasteiger partial charge < -0.3 is 29.0 Å². The highest BCUT2D eigenvalue weighted by Gasteiger charge is 2.52. The summed E-state index contributed by atoms with van der Waals surface area (Å²) in [5, 5.41) is 21.5. The first-order valence-corrected chi connectivity index (χ1v) is 25.0. The summed E-state index contributed by atoms with van der Waals surface area (Å²) in [6, 6.07) is 27.4. The molecular weight excluding hydrogens is 815 g/mol. The summed E-state index contributed by atoms with van der Waals surface area (Å²) in [7, 11) is -0.351. The minimum Gasteiger partial charge on any atom is -0.399 e. The highest BCUT2D eigenvalue weighted by atomic mass is 16.7. The first-order valence-electron chi connectivity index (χ1n) is 25.0. The van der Waals surface area contributed by atoms with Crippen LogP contribution >= 0.6 is 0 Å². The molecule has 0 unspecified atom stereocenters. The van der Waals surface area contributed by atoms with E-state index in [0.717, 1.165) is 36.7 Å². The molecule has 3 fully saturated rings. The van der Waals surface area contributed by atoms with E-state index in [-0.39, 0.29) is 29.2 Å². The summed E-state index contributed by atoms with van der Waals surface area (Å²) in [6.45, 7) is 30.9. The summed E-state index contributed by atoms with van der Waals surface area (Å²) in [5.41, 5.74) is 13.0. The van der Waals surface area contributed by atoms with Gasteiger partial charge in [-0.05, 0) is 149 Å². The van der Waals surface area contributed by atoms with Crippen LogP contribution in [0, 0.1) is 34.6 Å². The van der Waals surface area contributed by atoms with Gasteiger partial charge in [0.05, 0.1) is 22.4 Å². The summed E-state index contributed by atoms with van der Waals surface area (Å²) in [5.74, 6) is 0. The molecule has 0 aliphatic carbocycles. The number of benzene rings is 4.